The molecule has 2 aromatic carbocycles. The average molecular weight is 276 g/mol. The molecule has 0 fully saturated rings. The Balaban J connectivity index is 1.64. The van der Waals surface area contributed by atoms with E-state index in [0.29, 0.717) is 13.1 Å². The van der Waals surface area contributed by atoms with E-state index in [9.17, 15) is 4.79 Å². The topological polar surface area (TPSA) is 42.0 Å². The van der Waals surface area contributed by atoms with Crippen molar-refractivity contribution in [3.8, 4) is 0 Å². The molecular formula is C18H16N2O. The standard InChI is InChI=1S/C18H16N2O/c21-18(13-19-12-17-7-3-4-10-20-17)16-9-8-14-5-1-2-6-15(14)11-16/h1-11,19H,12-13H2. The van der Waals surface area contributed by atoms with Crippen LogP contribution in [-0.4, -0.2) is 17.3 Å². The van der Waals surface area contributed by atoms with Crippen molar-refractivity contribution in [2.45, 2.75) is 6.54 Å². The molecule has 0 aliphatic rings. The van der Waals surface area contributed by atoms with Crippen LogP contribution in [0, 0.1) is 0 Å². The molecular weight excluding hydrogens is 260 g/mol. The third-order valence-corrected chi connectivity index (χ3v) is 3.39. The van der Waals surface area contributed by atoms with Gasteiger partial charge in [-0.2, -0.15) is 0 Å². The van der Waals surface area contributed by atoms with Crippen molar-refractivity contribution in [2.75, 3.05) is 6.54 Å². The van der Waals surface area contributed by atoms with Crippen molar-refractivity contribution in [2.24, 2.45) is 0 Å². The second-order valence-corrected chi connectivity index (χ2v) is 4.91. The molecule has 0 unspecified atom stereocenters. The van der Waals surface area contributed by atoms with Gasteiger partial charge in [0.1, 0.15) is 0 Å². The number of fused-ring (bicyclic) bond motifs is 1. The predicted molar refractivity (Wildman–Crippen MR) is 84.2 cm³/mol. The minimum absolute atomic E-state index is 0.0942. The van der Waals surface area contributed by atoms with Gasteiger partial charge in [0.15, 0.2) is 5.78 Å². The Labute approximate surface area is 123 Å². The fourth-order valence-electron chi connectivity index (χ4n) is 2.27. The number of ketones is 1. The van der Waals surface area contributed by atoms with Gasteiger partial charge in [-0.05, 0) is 29.0 Å². The van der Waals surface area contributed by atoms with Gasteiger partial charge in [0.2, 0.25) is 0 Å². The minimum atomic E-state index is 0.0942. The zero-order valence-corrected chi connectivity index (χ0v) is 11.6. The van der Waals surface area contributed by atoms with Crippen molar-refractivity contribution < 1.29 is 4.79 Å². The molecule has 3 rings (SSSR count). The summed E-state index contributed by atoms with van der Waals surface area (Å²) in [5.41, 5.74) is 1.67. The Morgan fingerprint density at radius 3 is 2.57 bits per heavy atom. The summed E-state index contributed by atoms with van der Waals surface area (Å²) in [5.74, 6) is 0.0942. The third-order valence-electron chi connectivity index (χ3n) is 3.39. The van der Waals surface area contributed by atoms with Crippen LogP contribution >= 0.6 is 0 Å². The molecule has 0 aliphatic carbocycles. The van der Waals surface area contributed by atoms with E-state index >= 15 is 0 Å². The van der Waals surface area contributed by atoms with Crippen molar-refractivity contribution in [1.29, 1.82) is 0 Å². The summed E-state index contributed by atoms with van der Waals surface area (Å²) in [6.45, 7) is 0.912. The van der Waals surface area contributed by atoms with Gasteiger partial charge in [0, 0.05) is 18.3 Å². The number of Topliss-reactive ketones (excluding diaryl/α,β-unsaturated/α-hetero) is 1. The zero-order valence-electron chi connectivity index (χ0n) is 11.6. The molecule has 3 heteroatoms. The van der Waals surface area contributed by atoms with Crippen LogP contribution in [0.3, 0.4) is 0 Å². The first-order chi connectivity index (χ1) is 10.3. The first kappa shape index (κ1) is 13.5. The number of hydrogen-bond acceptors (Lipinski definition) is 3. The number of carbonyl (C=O) groups is 1. The van der Waals surface area contributed by atoms with Crippen LogP contribution in [0.2, 0.25) is 0 Å². The van der Waals surface area contributed by atoms with Crippen LogP contribution in [-0.2, 0) is 6.54 Å². The molecule has 1 aromatic heterocycles. The van der Waals surface area contributed by atoms with Crippen molar-refractivity contribution in [3.05, 3.63) is 78.1 Å². The first-order valence-corrected chi connectivity index (χ1v) is 6.95. The second kappa shape index (κ2) is 6.29. The normalized spacial score (nSPS) is 10.7. The Bertz CT molecular complexity index is 753. The number of nitrogens with zero attached hydrogens (tertiary/aromatic N) is 1. The second-order valence-electron chi connectivity index (χ2n) is 4.91. The summed E-state index contributed by atoms with van der Waals surface area (Å²) in [4.78, 5) is 16.4. The summed E-state index contributed by atoms with van der Waals surface area (Å²) in [6, 6.07) is 19.6. The summed E-state index contributed by atoms with van der Waals surface area (Å²) in [6.07, 6.45) is 1.75. The lowest BCUT2D eigenvalue weighted by Crippen LogP contribution is -2.23. The van der Waals surface area contributed by atoms with Gasteiger partial charge in [-0.3, -0.25) is 9.78 Å². The molecule has 1 heterocycles. The Kier molecular flexibility index (Phi) is 4.03. The molecule has 0 atom stereocenters. The van der Waals surface area contributed by atoms with Crippen LogP contribution in [0.4, 0.5) is 0 Å². The minimum Gasteiger partial charge on any atom is -0.304 e. The van der Waals surface area contributed by atoms with E-state index in [-0.39, 0.29) is 5.78 Å². The number of nitrogens with one attached hydrogen (secondary N) is 1. The number of aromatic nitrogens is 1. The van der Waals surface area contributed by atoms with Crippen LogP contribution in [0.15, 0.2) is 66.9 Å². The maximum Gasteiger partial charge on any atom is 0.176 e. The van der Waals surface area contributed by atoms with E-state index in [4.69, 9.17) is 0 Å². The van der Waals surface area contributed by atoms with Gasteiger partial charge in [-0.25, -0.2) is 0 Å². The number of rotatable bonds is 5. The molecule has 0 bridgehead atoms. The number of pyridine rings is 1. The lowest BCUT2D eigenvalue weighted by molar-refractivity contribution is 0.0991. The van der Waals surface area contributed by atoms with E-state index in [0.717, 1.165) is 22.0 Å². The SMILES string of the molecule is O=C(CNCc1ccccn1)c1ccc2ccccc2c1. The molecule has 1 N–H and O–H groups in total. The van der Waals surface area contributed by atoms with Crippen molar-refractivity contribution in [1.82, 2.24) is 10.3 Å². The predicted octanol–water partition coefficient (Wildman–Crippen LogP) is 3.21. The quantitative estimate of drug-likeness (QED) is 0.728. The lowest BCUT2D eigenvalue weighted by Gasteiger charge is -2.05. The van der Waals surface area contributed by atoms with Gasteiger partial charge >= 0.3 is 0 Å². The van der Waals surface area contributed by atoms with Crippen LogP contribution in [0.1, 0.15) is 16.1 Å². The highest BCUT2D eigenvalue weighted by Crippen LogP contribution is 2.15. The fourth-order valence-corrected chi connectivity index (χ4v) is 2.27. The molecule has 0 radical (unpaired) electrons. The summed E-state index contributed by atoms with van der Waals surface area (Å²) < 4.78 is 0. The molecule has 3 aromatic rings. The van der Waals surface area contributed by atoms with E-state index in [1.807, 2.05) is 60.7 Å². The molecule has 0 saturated heterocycles. The average Bonchev–Trinajstić information content (AvgIpc) is 2.55. The molecule has 3 nitrogen and oxygen atoms in total. The van der Waals surface area contributed by atoms with Crippen LogP contribution in [0.25, 0.3) is 10.8 Å². The summed E-state index contributed by atoms with van der Waals surface area (Å²) in [7, 11) is 0. The monoisotopic (exact) mass is 276 g/mol. The Morgan fingerprint density at radius 2 is 1.76 bits per heavy atom. The number of benzene rings is 2. The smallest absolute Gasteiger partial charge is 0.176 e. The largest absolute Gasteiger partial charge is 0.304 e. The van der Waals surface area contributed by atoms with E-state index in [2.05, 4.69) is 10.3 Å². The number of carbonyl (C=O) groups excluding carboxylic acids is 1. The van der Waals surface area contributed by atoms with E-state index < -0.39 is 0 Å². The van der Waals surface area contributed by atoms with E-state index in [1.54, 1.807) is 6.20 Å². The van der Waals surface area contributed by atoms with Gasteiger partial charge in [0.25, 0.3) is 0 Å². The maximum absolute atomic E-state index is 12.2. The van der Waals surface area contributed by atoms with E-state index in [1.165, 1.54) is 0 Å². The van der Waals surface area contributed by atoms with Gasteiger partial charge in [0.05, 0.1) is 12.2 Å². The van der Waals surface area contributed by atoms with Gasteiger partial charge in [-0.1, -0.05) is 42.5 Å². The summed E-state index contributed by atoms with van der Waals surface area (Å²) in [5, 5.41) is 5.38. The molecule has 0 spiro atoms. The molecule has 0 amide bonds. The third kappa shape index (κ3) is 3.33. The van der Waals surface area contributed by atoms with Gasteiger partial charge in [-0.15, -0.1) is 0 Å². The highest BCUT2D eigenvalue weighted by atomic mass is 16.1. The Hall–Kier alpha value is -2.52. The number of hydrogen-bond donors (Lipinski definition) is 1. The Morgan fingerprint density at radius 1 is 0.952 bits per heavy atom. The first-order valence-electron chi connectivity index (χ1n) is 6.95. The zero-order chi connectivity index (χ0) is 14.5. The highest BCUT2D eigenvalue weighted by molar-refractivity contribution is 6.01. The highest BCUT2D eigenvalue weighted by Gasteiger charge is 2.06. The fraction of sp³-hybridized carbons (Fsp3) is 0.111. The van der Waals surface area contributed by atoms with Crippen molar-refractivity contribution in [3.63, 3.8) is 0 Å². The summed E-state index contributed by atoms with van der Waals surface area (Å²) >= 11 is 0. The molecule has 0 aliphatic heterocycles. The molecule has 21 heavy (non-hydrogen) atoms. The van der Waals surface area contributed by atoms with Crippen molar-refractivity contribution >= 4 is 16.6 Å². The van der Waals surface area contributed by atoms with Gasteiger partial charge < -0.3 is 5.32 Å². The van der Waals surface area contributed by atoms with Crippen LogP contribution in [0.5, 0.6) is 0 Å². The lowest BCUT2D eigenvalue weighted by atomic mass is 10.0. The van der Waals surface area contributed by atoms with Crippen LogP contribution < -0.4 is 5.32 Å². The molecule has 0 saturated carbocycles. The maximum atomic E-state index is 12.2. The molecule has 104 valence electrons.